The van der Waals surface area contributed by atoms with E-state index >= 15 is 0 Å². The highest BCUT2D eigenvalue weighted by molar-refractivity contribution is 8.00. The fourth-order valence-corrected chi connectivity index (χ4v) is 3.12. The third-order valence-corrected chi connectivity index (χ3v) is 4.42. The van der Waals surface area contributed by atoms with Crippen molar-refractivity contribution >= 4 is 17.7 Å². The number of thioether (sulfide) groups is 1. The number of hydrogen-bond donors (Lipinski definition) is 2. The number of nitrogens with one attached hydrogen (secondary N) is 2. The number of hydrogen-bond acceptors (Lipinski definition) is 5. The van der Waals surface area contributed by atoms with Gasteiger partial charge in [-0.1, -0.05) is 11.8 Å². The SMILES string of the molecule is CC(C)NC(=O)[C@H](C)Sc1nnc(C[NH+]2CCCCC2)o1. The number of nitrogens with zero attached hydrogens (tertiary/aromatic N) is 2. The second kappa shape index (κ2) is 7.79. The first-order chi connectivity index (χ1) is 10.0. The van der Waals surface area contributed by atoms with Crippen molar-refractivity contribution in [3.63, 3.8) is 0 Å². The standard InChI is InChI=1S/C14H24N4O2S/c1-10(2)15-13(19)11(3)21-14-17-16-12(20-14)9-18-7-5-4-6-8-18/h10-11H,4-9H2,1-3H3,(H,15,19)/p+1/t11-/m0/s1. The second-order valence-corrected chi connectivity index (χ2v) is 7.16. The molecule has 1 amide bonds. The highest BCUT2D eigenvalue weighted by atomic mass is 32.2. The average molecular weight is 313 g/mol. The lowest BCUT2D eigenvalue weighted by Crippen LogP contribution is -3.11. The predicted octanol–water partition coefficient (Wildman–Crippen LogP) is 0.644. The maximum atomic E-state index is 11.9. The molecule has 1 aliphatic rings. The van der Waals surface area contributed by atoms with Gasteiger partial charge < -0.3 is 14.6 Å². The molecule has 2 rings (SSSR count). The van der Waals surface area contributed by atoms with Gasteiger partial charge >= 0.3 is 0 Å². The van der Waals surface area contributed by atoms with E-state index in [1.165, 1.54) is 49.0 Å². The Bertz CT molecular complexity index is 458. The monoisotopic (exact) mass is 313 g/mol. The first-order valence-corrected chi connectivity index (χ1v) is 8.55. The molecule has 0 aliphatic carbocycles. The smallest absolute Gasteiger partial charge is 0.277 e. The lowest BCUT2D eigenvalue weighted by molar-refractivity contribution is -0.919. The number of amides is 1. The molecule has 0 spiro atoms. The molecule has 1 fully saturated rings. The summed E-state index contributed by atoms with van der Waals surface area (Å²) in [5, 5.41) is 11.3. The van der Waals surface area contributed by atoms with Crippen molar-refractivity contribution in [2.45, 2.75) is 63.1 Å². The van der Waals surface area contributed by atoms with Crippen molar-refractivity contribution in [2.75, 3.05) is 13.1 Å². The molecule has 1 saturated heterocycles. The first kappa shape index (κ1) is 16.3. The first-order valence-electron chi connectivity index (χ1n) is 7.67. The third-order valence-electron chi connectivity index (χ3n) is 3.49. The van der Waals surface area contributed by atoms with Gasteiger partial charge in [0.2, 0.25) is 5.91 Å². The number of piperidine rings is 1. The minimum atomic E-state index is -0.233. The Balaban J connectivity index is 1.83. The predicted molar refractivity (Wildman–Crippen MR) is 81.1 cm³/mol. The Morgan fingerprint density at radius 3 is 2.67 bits per heavy atom. The molecule has 1 aromatic rings. The molecule has 1 atom stereocenters. The summed E-state index contributed by atoms with van der Waals surface area (Å²) in [6, 6.07) is 0.140. The van der Waals surface area contributed by atoms with Crippen molar-refractivity contribution in [1.29, 1.82) is 0 Å². The molecule has 0 aromatic carbocycles. The van der Waals surface area contributed by atoms with Crippen molar-refractivity contribution in [1.82, 2.24) is 15.5 Å². The second-order valence-electron chi connectivity index (χ2n) is 5.87. The van der Waals surface area contributed by atoms with E-state index < -0.39 is 0 Å². The van der Waals surface area contributed by atoms with Gasteiger partial charge in [0.05, 0.1) is 18.3 Å². The molecule has 118 valence electrons. The van der Waals surface area contributed by atoms with E-state index in [1.807, 2.05) is 20.8 Å². The van der Waals surface area contributed by atoms with Crippen LogP contribution in [0.4, 0.5) is 0 Å². The fraction of sp³-hybridized carbons (Fsp3) is 0.786. The number of carbonyl (C=O) groups is 1. The molecule has 6 nitrogen and oxygen atoms in total. The van der Waals surface area contributed by atoms with Crippen LogP contribution >= 0.6 is 11.8 Å². The number of carbonyl (C=O) groups excluding carboxylic acids is 1. The van der Waals surface area contributed by atoms with Crippen LogP contribution in [0.1, 0.15) is 45.9 Å². The maximum absolute atomic E-state index is 11.9. The maximum Gasteiger partial charge on any atom is 0.277 e. The largest absolute Gasteiger partial charge is 0.410 e. The van der Waals surface area contributed by atoms with Crippen LogP contribution in [-0.4, -0.2) is 40.5 Å². The van der Waals surface area contributed by atoms with Crippen LogP contribution in [0.15, 0.2) is 9.64 Å². The van der Waals surface area contributed by atoms with E-state index in [1.54, 1.807) is 0 Å². The highest BCUT2D eigenvalue weighted by Crippen LogP contribution is 2.21. The number of likely N-dealkylation sites (tertiary alicyclic amines) is 1. The zero-order valence-corrected chi connectivity index (χ0v) is 13.8. The van der Waals surface area contributed by atoms with Crippen LogP contribution < -0.4 is 10.2 Å². The third kappa shape index (κ3) is 5.32. The van der Waals surface area contributed by atoms with Crippen molar-refractivity contribution in [3.05, 3.63) is 5.89 Å². The summed E-state index contributed by atoms with van der Waals surface area (Å²) >= 11 is 1.31. The Morgan fingerprint density at radius 1 is 1.29 bits per heavy atom. The minimum absolute atomic E-state index is 0.00333. The molecule has 0 radical (unpaired) electrons. The van der Waals surface area contributed by atoms with E-state index in [0.29, 0.717) is 11.1 Å². The molecular weight excluding hydrogens is 288 g/mol. The van der Waals surface area contributed by atoms with Crippen LogP contribution in [0, 0.1) is 0 Å². The summed E-state index contributed by atoms with van der Waals surface area (Å²) in [4.78, 5) is 13.4. The lowest BCUT2D eigenvalue weighted by Gasteiger charge is -2.21. The number of aromatic nitrogens is 2. The van der Waals surface area contributed by atoms with Crippen LogP contribution in [0.25, 0.3) is 0 Å². The van der Waals surface area contributed by atoms with E-state index in [2.05, 4.69) is 15.5 Å². The Morgan fingerprint density at radius 2 is 2.00 bits per heavy atom. The molecule has 21 heavy (non-hydrogen) atoms. The Kier molecular flexibility index (Phi) is 6.05. The van der Waals surface area contributed by atoms with Crippen LogP contribution in [0.3, 0.4) is 0 Å². The minimum Gasteiger partial charge on any atom is -0.410 e. The molecule has 7 heteroatoms. The van der Waals surface area contributed by atoms with Gasteiger partial charge in [0, 0.05) is 6.04 Å². The zero-order chi connectivity index (χ0) is 15.2. The molecule has 1 aliphatic heterocycles. The fourth-order valence-electron chi connectivity index (χ4n) is 2.41. The molecular formula is C14H25N4O2S+. The quantitative estimate of drug-likeness (QED) is 0.754. The van der Waals surface area contributed by atoms with Gasteiger partial charge in [-0.3, -0.25) is 4.79 Å². The zero-order valence-electron chi connectivity index (χ0n) is 13.0. The summed E-state index contributed by atoms with van der Waals surface area (Å²) in [5.41, 5.74) is 0. The van der Waals surface area contributed by atoms with E-state index in [0.717, 1.165) is 6.54 Å². The lowest BCUT2D eigenvalue weighted by atomic mass is 10.1. The van der Waals surface area contributed by atoms with E-state index in [4.69, 9.17) is 4.42 Å². The average Bonchev–Trinajstić information content (AvgIpc) is 2.86. The Labute approximate surface area is 130 Å². The summed E-state index contributed by atoms with van der Waals surface area (Å²) < 4.78 is 5.65. The van der Waals surface area contributed by atoms with E-state index in [9.17, 15) is 4.79 Å². The molecule has 0 unspecified atom stereocenters. The van der Waals surface area contributed by atoms with Gasteiger partial charge in [-0.25, -0.2) is 0 Å². The highest BCUT2D eigenvalue weighted by Gasteiger charge is 2.21. The molecule has 1 aromatic heterocycles. The Hall–Kier alpha value is -1.08. The van der Waals surface area contributed by atoms with Crippen molar-refractivity contribution < 1.29 is 14.1 Å². The molecule has 2 heterocycles. The normalized spacial score (nSPS) is 17.9. The summed E-state index contributed by atoms with van der Waals surface area (Å²) in [6.45, 7) is 8.89. The van der Waals surface area contributed by atoms with Gasteiger partial charge in [-0.15, -0.1) is 10.2 Å². The van der Waals surface area contributed by atoms with Gasteiger partial charge in [0.1, 0.15) is 0 Å². The molecule has 0 saturated carbocycles. The van der Waals surface area contributed by atoms with Crippen molar-refractivity contribution in [2.24, 2.45) is 0 Å². The van der Waals surface area contributed by atoms with Crippen molar-refractivity contribution in [3.8, 4) is 0 Å². The molecule has 2 N–H and O–H groups in total. The van der Waals surface area contributed by atoms with Gasteiger partial charge in [-0.2, -0.15) is 0 Å². The summed E-state index contributed by atoms with van der Waals surface area (Å²) in [7, 11) is 0. The van der Waals surface area contributed by atoms with Gasteiger partial charge in [0.25, 0.3) is 11.1 Å². The molecule has 0 bridgehead atoms. The van der Waals surface area contributed by atoms with Gasteiger partial charge in [0.15, 0.2) is 6.54 Å². The van der Waals surface area contributed by atoms with Crippen LogP contribution in [0.2, 0.25) is 0 Å². The topological polar surface area (TPSA) is 72.5 Å². The van der Waals surface area contributed by atoms with Crippen LogP contribution in [0.5, 0.6) is 0 Å². The summed E-state index contributed by atoms with van der Waals surface area (Å²) in [6.07, 6.45) is 3.88. The summed E-state index contributed by atoms with van der Waals surface area (Å²) in [5.74, 6) is 0.669. The van der Waals surface area contributed by atoms with E-state index in [-0.39, 0.29) is 17.2 Å². The van der Waals surface area contributed by atoms with Crippen LogP contribution in [-0.2, 0) is 11.3 Å². The number of rotatable bonds is 6. The van der Waals surface area contributed by atoms with Gasteiger partial charge in [-0.05, 0) is 40.0 Å². The number of quaternary nitrogens is 1.